The van der Waals surface area contributed by atoms with Crippen molar-refractivity contribution in [3.05, 3.63) is 0 Å². The fourth-order valence-corrected chi connectivity index (χ4v) is 1.18. The minimum Gasteiger partial charge on any atom is -0.458 e. The molecule has 0 unspecified atom stereocenters. The SMILES string of the molecule is CC(C)(C)OC(=O)C1NCCCN1. The van der Waals surface area contributed by atoms with Crippen molar-refractivity contribution in [2.45, 2.75) is 39.0 Å². The third kappa shape index (κ3) is 3.74. The molecule has 1 aliphatic heterocycles. The van der Waals surface area contributed by atoms with E-state index in [0.29, 0.717) is 0 Å². The van der Waals surface area contributed by atoms with Crippen molar-refractivity contribution in [1.29, 1.82) is 0 Å². The first kappa shape index (κ1) is 10.5. The molecule has 4 nitrogen and oxygen atoms in total. The van der Waals surface area contributed by atoms with Gasteiger partial charge in [0.05, 0.1) is 0 Å². The van der Waals surface area contributed by atoms with Crippen LogP contribution in [0.3, 0.4) is 0 Å². The number of carbonyl (C=O) groups excluding carboxylic acids is 1. The van der Waals surface area contributed by atoms with Gasteiger partial charge in [0, 0.05) is 0 Å². The molecule has 0 bridgehead atoms. The molecule has 76 valence electrons. The molecule has 0 amide bonds. The molecule has 1 rings (SSSR count). The van der Waals surface area contributed by atoms with Gasteiger partial charge in [0.25, 0.3) is 0 Å². The first-order chi connectivity index (χ1) is 5.99. The first-order valence-electron chi connectivity index (χ1n) is 4.69. The van der Waals surface area contributed by atoms with Crippen molar-refractivity contribution < 1.29 is 9.53 Å². The van der Waals surface area contributed by atoms with E-state index in [2.05, 4.69) is 10.6 Å². The molecule has 0 aromatic heterocycles. The van der Waals surface area contributed by atoms with E-state index < -0.39 is 5.60 Å². The average molecular weight is 186 g/mol. The number of ether oxygens (including phenoxy) is 1. The molecule has 13 heavy (non-hydrogen) atoms. The van der Waals surface area contributed by atoms with Crippen molar-refractivity contribution in [3.8, 4) is 0 Å². The van der Waals surface area contributed by atoms with Gasteiger partial charge in [-0.05, 0) is 40.3 Å². The lowest BCUT2D eigenvalue weighted by Crippen LogP contribution is -2.54. The van der Waals surface area contributed by atoms with Crippen LogP contribution in [0.1, 0.15) is 27.2 Å². The number of carbonyl (C=O) groups is 1. The Hall–Kier alpha value is -0.610. The number of esters is 1. The van der Waals surface area contributed by atoms with Gasteiger partial charge in [-0.2, -0.15) is 0 Å². The minimum absolute atomic E-state index is 0.216. The average Bonchev–Trinajstić information content (AvgIpc) is 2.03. The highest BCUT2D eigenvalue weighted by Crippen LogP contribution is 2.08. The molecule has 0 atom stereocenters. The third-order valence-electron chi connectivity index (χ3n) is 1.69. The third-order valence-corrected chi connectivity index (χ3v) is 1.69. The van der Waals surface area contributed by atoms with E-state index in [9.17, 15) is 4.79 Å². The maximum atomic E-state index is 11.5. The van der Waals surface area contributed by atoms with Gasteiger partial charge in [-0.3, -0.25) is 10.6 Å². The highest BCUT2D eigenvalue weighted by Gasteiger charge is 2.25. The van der Waals surface area contributed by atoms with Gasteiger partial charge < -0.3 is 4.74 Å². The molecular weight excluding hydrogens is 168 g/mol. The van der Waals surface area contributed by atoms with Crippen LogP contribution in [-0.4, -0.2) is 30.8 Å². The summed E-state index contributed by atoms with van der Waals surface area (Å²) in [6.07, 6.45) is 0.729. The first-order valence-corrected chi connectivity index (χ1v) is 4.69. The molecule has 0 aromatic carbocycles. The quantitative estimate of drug-likeness (QED) is 0.576. The van der Waals surface area contributed by atoms with Crippen LogP contribution in [0.5, 0.6) is 0 Å². The zero-order valence-corrected chi connectivity index (χ0v) is 8.52. The Morgan fingerprint density at radius 2 is 1.85 bits per heavy atom. The van der Waals surface area contributed by atoms with Gasteiger partial charge in [0.1, 0.15) is 5.60 Å². The van der Waals surface area contributed by atoms with E-state index in [1.165, 1.54) is 0 Å². The van der Waals surface area contributed by atoms with Gasteiger partial charge in [-0.25, -0.2) is 4.79 Å². The maximum absolute atomic E-state index is 11.5. The lowest BCUT2D eigenvalue weighted by atomic mass is 10.2. The number of nitrogens with one attached hydrogen (secondary N) is 2. The summed E-state index contributed by atoms with van der Waals surface area (Å²) in [6, 6.07) is 0. The summed E-state index contributed by atoms with van der Waals surface area (Å²) in [5, 5.41) is 6.11. The van der Waals surface area contributed by atoms with Crippen LogP contribution in [-0.2, 0) is 9.53 Å². The lowest BCUT2D eigenvalue weighted by molar-refractivity contribution is -0.158. The van der Waals surface area contributed by atoms with E-state index in [4.69, 9.17) is 4.74 Å². The zero-order chi connectivity index (χ0) is 9.90. The molecule has 0 saturated carbocycles. The van der Waals surface area contributed by atoms with Crippen LogP contribution in [0, 0.1) is 0 Å². The van der Waals surface area contributed by atoms with Crippen molar-refractivity contribution in [2.75, 3.05) is 13.1 Å². The Bertz CT molecular complexity index is 181. The zero-order valence-electron chi connectivity index (χ0n) is 8.52. The molecule has 1 fully saturated rings. The molecule has 0 aromatic rings. The van der Waals surface area contributed by atoms with Gasteiger partial charge >= 0.3 is 5.97 Å². The Morgan fingerprint density at radius 3 is 2.31 bits per heavy atom. The monoisotopic (exact) mass is 186 g/mol. The Kier molecular flexibility index (Phi) is 3.27. The highest BCUT2D eigenvalue weighted by atomic mass is 16.6. The summed E-state index contributed by atoms with van der Waals surface area (Å²) in [5.41, 5.74) is -0.405. The second kappa shape index (κ2) is 4.07. The molecule has 0 spiro atoms. The largest absolute Gasteiger partial charge is 0.458 e. The highest BCUT2D eigenvalue weighted by molar-refractivity contribution is 5.75. The summed E-state index contributed by atoms with van der Waals surface area (Å²) in [7, 11) is 0. The normalized spacial score (nSPS) is 19.9. The fourth-order valence-electron chi connectivity index (χ4n) is 1.18. The Labute approximate surface area is 79.0 Å². The van der Waals surface area contributed by atoms with E-state index in [1.54, 1.807) is 0 Å². The van der Waals surface area contributed by atoms with Crippen LogP contribution < -0.4 is 10.6 Å². The van der Waals surface area contributed by atoms with E-state index in [1.807, 2.05) is 20.8 Å². The molecule has 1 saturated heterocycles. The number of rotatable bonds is 1. The Morgan fingerprint density at radius 1 is 1.31 bits per heavy atom. The summed E-state index contributed by atoms with van der Waals surface area (Å²) < 4.78 is 5.21. The second-order valence-corrected chi connectivity index (χ2v) is 4.23. The van der Waals surface area contributed by atoms with Crippen LogP contribution in [0.4, 0.5) is 0 Å². The Balaban J connectivity index is 2.38. The molecule has 4 heteroatoms. The number of hydrogen-bond acceptors (Lipinski definition) is 4. The van der Waals surface area contributed by atoms with Crippen LogP contribution in [0.15, 0.2) is 0 Å². The van der Waals surface area contributed by atoms with Crippen LogP contribution >= 0.6 is 0 Å². The number of hydrogen-bond donors (Lipinski definition) is 2. The topological polar surface area (TPSA) is 50.4 Å². The van der Waals surface area contributed by atoms with Crippen LogP contribution in [0.25, 0.3) is 0 Å². The van der Waals surface area contributed by atoms with Crippen molar-refractivity contribution in [2.24, 2.45) is 0 Å². The van der Waals surface area contributed by atoms with Crippen molar-refractivity contribution in [1.82, 2.24) is 10.6 Å². The fraction of sp³-hybridized carbons (Fsp3) is 0.889. The summed E-state index contributed by atoms with van der Waals surface area (Å²) in [4.78, 5) is 11.5. The minimum atomic E-state index is -0.405. The van der Waals surface area contributed by atoms with Gasteiger partial charge in [0.2, 0.25) is 0 Å². The van der Waals surface area contributed by atoms with Crippen molar-refractivity contribution >= 4 is 5.97 Å². The molecule has 2 N–H and O–H groups in total. The smallest absolute Gasteiger partial charge is 0.338 e. The van der Waals surface area contributed by atoms with Gasteiger partial charge in [-0.1, -0.05) is 0 Å². The molecular formula is C9H18N2O2. The van der Waals surface area contributed by atoms with E-state index >= 15 is 0 Å². The molecule has 1 aliphatic rings. The summed E-state index contributed by atoms with van der Waals surface area (Å²) in [5.74, 6) is -0.216. The molecule has 1 heterocycles. The van der Waals surface area contributed by atoms with E-state index in [-0.39, 0.29) is 12.1 Å². The standard InChI is InChI=1S/C9H18N2O2/c1-9(2,3)13-8(12)7-10-5-4-6-11-7/h7,10-11H,4-6H2,1-3H3. The molecule has 0 radical (unpaired) electrons. The van der Waals surface area contributed by atoms with Gasteiger partial charge in [-0.15, -0.1) is 0 Å². The van der Waals surface area contributed by atoms with Crippen molar-refractivity contribution in [3.63, 3.8) is 0 Å². The maximum Gasteiger partial charge on any atom is 0.338 e. The van der Waals surface area contributed by atoms with E-state index in [0.717, 1.165) is 19.5 Å². The summed E-state index contributed by atoms with van der Waals surface area (Å²) in [6.45, 7) is 7.35. The summed E-state index contributed by atoms with van der Waals surface area (Å²) >= 11 is 0. The predicted octanol–water partition coefficient (Wildman–Crippen LogP) is 0.237. The second-order valence-electron chi connectivity index (χ2n) is 4.23. The molecule has 0 aliphatic carbocycles. The van der Waals surface area contributed by atoms with Crippen LogP contribution in [0.2, 0.25) is 0 Å². The predicted molar refractivity (Wildman–Crippen MR) is 50.3 cm³/mol. The lowest BCUT2D eigenvalue weighted by Gasteiger charge is -2.27. The van der Waals surface area contributed by atoms with Gasteiger partial charge in [0.15, 0.2) is 6.17 Å².